The van der Waals surface area contributed by atoms with Crippen molar-refractivity contribution in [2.75, 3.05) is 0 Å². The monoisotopic (exact) mass is 185 g/mol. The Balaban J connectivity index is 2.76. The van der Waals surface area contributed by atoms with Crippen molar-refractivity contribution in [3.8, 4) is 0 Å². The standard InChI is InChI=1S/C8H8FNO3/c9-6-1-5(3-10-4-6)7(11)2-8(12)13/h1,3-4,7,11H,2H2,(H,12,13)/t7-/m1/s1. The fourth-order valence-electron chi connectivity index (χ4n) is 0.894. The Labute approximate surface area is 73.7 Å². The van der Waals surface area contributed by atoms with Crippen LogP contribution in [0.5, 0.6) is 0 Å². The highest BCUT2D eigenvalue weighted by Gasteiger charge is 2.12. The van der Waals surface area contributed by atoms with Gasteiger partial charge in [-0.3, -0.25) is 9.78 Å². The number of aliphatic hydroxyl groups excluding tert-OH is 1. The molecule has 0 bridgehead atoms. The van der Waals surface area contributed by atoms with E-state index in [0.717, 1.165) is 12.3 Å². The predicted molar refractivity (Wildman–Crippen MR) is 41.4 cm³/mol. The molecule has 1 aromatic heterocycles. The Kier molecular flexibility index (Phi) is 2.92. The minimum absolute atomic E-state index is 0.169. The van der Waals surface area contributed by atoms with Crippen LogP contribution < -0.4 is 0 Å². The van der Waals surface area contributed by atoms with E-state index in [1.165, 1.54) is 6.20 Å². The molecule has 70 valence electrons. The lowest BCUT2D eigenvalue weighted by atomic mass is 10.1. The van der Waals surface area contributed by atoms with Crippen molar-refractivity contribution in [1.29, 1.82) is 0 Å². The lowest BCUT2D eigenvalue weighted by Gasteiger charge is -2.06. The molecule has 1 heterocycles. The van der Waals surface area contributed by atoms with E-state index < -0.39 is 24.3 Å². The average Bonchev–Trinajstić information content (AvgIpc) is 2.03. The van der Waals surface area contributed by atoms with Gasteiger partial charge < -0.3 is 10.2 Å². The van der Waals surface area contributed by atoms with Crippen molar-refractivity contribution >= 4 is 5.97 Å². The molecular formula is C8H8FNO3. The van der Waals surface area contributed by atoms with E-state index in [2.05, 4.69) is 4.98 Å². The molecule has 13 heavy (non-hydrogen) atoms. The second-order valence-electron chi connectivity index (χ2n) is 2.55. The number of halogens is 1. The van der Waals surface area contributed by atoms with E-state index in [4.69, 9.17) is 5.11 Å². The van der Waals surface area contributed by atoms with Crippen LogP contribution in [-0.4, -0.2) is 21.2 Å². The van der Waals surface area contributed by atoms with Crippen LogP contribution in [0.1, 0.15) is 18.1 Å². The first-order valence-corrected chi connectivity index (χ1v) is 3.60. The molecule has 0 saturated carbocycles. The Hall–Kier alpha value is -1.49. The summed E-state index contributed by atoms with van der Waals surface area (Å²) in [7, 11) is 0. The molecule has 1 rings (SSSR count). The van der Waals surface area contributed by atoms with Gasteiger partial charge >= 0.3 is 5.97 Å². The van der Waals surface area contributed by atoms with Gasteiger partial charge in [0, 0.05) is 11.8 Å². The molecular weight excluding hydrogens is 177 g/mol. The molecule has 0 saturated heterocycles. The molecule has 1 aromatic rings. The van der Waals surface area contributed by atoms with Crippen LogP contribution >= 0.6 is 0 Å². The molecule has 0 fully saturated rings. The SMILES string of the molecule is O=C(O)C[C@@H](O)c1cncc(F)c1. The van der Waals surface area contributed by atoms with E-state index in [-0.39, 0.29) is 5.56 Å². The Morgan fingerprint density at radius 2 is 2.31 bits per heavy atom. The largest absolute Gasteiger partial charge is 0.481 e. The van der Waals surface area contributed by atoms with Crippen LogP contribution in [0.4, 0.5) is 4.39 Å². The third-order valence-electron chi connectivity index (χ3n) is 1.48. The zero-order chi connectivity index (χ0) is 9.84. The molecule has 0 aliphatic heterocycles. The Morgan fingerprint density at radius 1 is 1.62 bits per heavy atom. The molecule has 1 atom stereocenters. The first-order valence-electron chi connectivity index (χ1n) is 3.60. The van der Waals surface area contributed by atoms with E-state index >= 15 is 0 Å². The van der Waals surface area contributed by atoms with E-state index in [1.807, 2.05) is 0 Å². The summed E-state index contributed by atoms with van der Waals surface area (Å²) in [6, 6.07) is 1.06. The number of carboxylic acid groups (broad SMARTS) is 1. The molecule has 5 heteroatoms. The summed E-state index contributed by atoms with van der Waals surface area (Å²) in [5.41, 5.74) is 0.169. The second-order valence-corrected chi connectivity index (χ2v) is 2.55. The van der Waals surface area contributed by atoms with Crippen LogP contribution in [0.25, 0.3) is 0 Å². The highest BCUT2D eigenvalue weighted by atomic mass is 19.1. The molecule has 2 N–H and O–H groups in total. The number of hydrogen-bond acceptors (Lipinski definition) is 3. The van der Waals surface area contributed by atoms with Crippen molar-refractivity contribution in [3.05, 3.63) is 29.8 Å². The van der Waals surface area contributed by atoms with Gasteiger partial charge in [0.05, 0.1) is 18.7 Å². The molecule has 0 aromatic carbocycles. The van der Waals surface area contributed by atoms with Gasteiger partial charge in [-0.15, -0.1) is 0 Å². The van der Waals surface area contributed by atoms with Gasteiger partial charge in [-0.05, 0) is 6.07 Å². The van der Waals surface area contributed by atoms with Crippen LogP contribution in [0.15, 0.2) is 18.5 Å². The maximum atomic E-state index is 12.5. The van der Waals surface area contributed by atoms with Gasteiger partial charge in [0.1, 0.15) is 5.82 Å². The summed E-state index contributed by atoms with van der Waals surface area (Å²) in [4.78, 5) is 13.7. The summed E-state index contributed by atoms with van der Waals surface area (Å²) in [6.07, 6.45) is 0.555. The van der Waals surface area contributed by atoms with Gasteiger partial charge in [-0.25, -0.2) is 4.39 Å². The van der Waals surface area contributed by atoms with Crippen LogP contribution in [0.3, 0.4) is 0 Å². The van der Waals surface area contributed by atoms with Crippen molar-refractivity contribution in [2.45, 2.75) is 12.5 Å². The number of aliphatic hydroxyl groups is 1. The lowest BCUT2D eigenvalue weighted by molar-refractivity contribution is -0.139. The lowest BCUT2D eigenvalue weighted by Crippen LogP contribution is -2.05. The number of nitrogens with zero attached hydrogens (tertiary/aromatic N) is 1. The molecule has 0 aliphatic carbocycles. The van der Waals surface area contributed by atoms with Crippen LogP contribution in [0, 0.1) is 5.82 Å². The van der Waals surface area contributed by atoms with Crippen LogP contribution in [-0.2, 0) is 4.79 Å². The zero-order valence-corrected chi connectivity index (χ0v) is 6.64. The quantitative estimate of drug-likeness (QED) is 0.728. The predicted octanol–water partition coefficient (Wildman–Crippen LogP) is 0.729. The van der Waals surface area contributed by atoms with Crippen molar-refractivity contribution < 1.29 is 19.4 Å². The smallest absolute Gasteiger partial charge is 0.306 e. The van der Waals surface area contributed by atoms with Crippen molar-refractivity contribution in [2.24, 2.45) is 0 Å². The number of carboxylic acids is 1. The van der Waals surface area contributed by atoms with E-state index in [0.29, 0.717) is 0 Å². The number of pyridine rings is 1. The molecule has 0 amide bonds. The van der Waals surface area contributed by atoms with E-state index in [9.17, 15) is 14.3 Å². The number of aliphatic carboxylic acids is 1. The Morgan fingerprint density at radius 3 is 2.85 bits per heavy atom. The minimum Gasteiger partial charge on any atom is -0.481 e. The first kappa shape index (κ1) is 9.60. The van der Waals surface area contributed by atoms with Crippen molar-refractivity contribution in [1.82, 2.24) is 4.98 Å². The first-order chi connectivity index (χ1) is 6.09. The highest BCUT2D eigenvalue weighted by molar-refractivity contribution is 5.67. The van der Waals surface area contributed by atoms with Crippen molar-refractivity contribution in [3.63, 3.8) is 0 Å². The normalized spacial score (nSPS) is 12.5. The number of rotatable bonds is 3. The van der Waals surface area contributed by atoms with Gasteiger partial charge in [0.25, 0.3) is 0 Å². The van der Waals surface area contributed by atoms with Gasteiger partial charge in [0.2, 0.25) is 0 Å². The maximum Gasteiger partial charge on any atom is 0.306 e. The third-order valence-corrected chi connectivity index (χ3v) is 1.48. The molecule has 0 spiro atoms. The topological polar surface area (TPSA) is 70.4 Å². The van der Waals surface area contributed by atoms with Gasteiger partial charge in [-0.1, -0.05) is 0 Å². The fourth-order valence-corrected chi connectivity index (χ4v) is 0.894. The average molecular weight is 185 g/mol. The van der Waals surface area contributed by atoms with Gasteiger partial charge in [-0.2, -0.15) is 0 Å². The van der Waals surface area contributed by atoms with Gasteiger partial charge in [0.15, 0.2) is 0 Å². The number of carbonyl (C=O) groups is 1. The maximum absolute atomic E-state index is 12.5. The summed E-state index contributed by atoms with van der Waals surface area (Å²) in [5.74, 6) is -1.74. The summed E-state index contributed by atoms with van der Waals surface area (Å²) >= 11 is 0. The summed E-state index contributed by atoms with van der Waals surface area (Å²) in [5, 5.41) is 17.6. The minimum atomic E-state index is -1.21. The summed E-state index contributed by atoms with van der Waals surface area (Å²) < 4.78 is 12.5. The number of hydrogen-bond donors (Lipinski definition) is 2. The summed E-state index contributed by atoms with van der Waals surface area (Å²) in [6.45, 7) is 0. The Bertz CT molecular complexity index is 316. The fraction of sp³-hybridized carbons (Fsp3) is 0.250. The molecule has 0 radical (unpaired) electrons. The van der Waals surface area contributed by atoms with E-state index in [1.54, 1.807) is 0 Å². The third kappa shape index (κ3) is 2.79. The molecule has 0 aliphatic rings. The second kappa shape index (κ2) is 3.95. The zero-order valence-electron chi connectivity index (χ0n) is 6.64. The highest BCUT2D eigenvalue weighted by Crippen LogP contribution is 2.15. The molecule has 0 unspecified atom stereocenters. The molecule has 4 nitrogen and oxygen atoms in total. The van der Waals surface area contributed by atoms with Crippen LogP contribution in [0.2, 0.25) is 0 Å². The number of aromatic nitrogens is 1.